The number of benzene rings is 1. The molecular weight excluding hydrogens is 190 g/mol. The number of fused-ring (bicyclic) bond motifs is 1. The predicted molar refractivity (Wildman–Crippen MR) is 59.8 cm³/mol. The summed E-state index contributed by atoms with van der Waals surface area (Å²) in [5.41, 5.74) is 1.83. The Bertz CT molecular complexity index is 383. The van der Waals surface area contributed by atoms with Crippen molar-refractivity contribution in [3.8, 4) is 5.75 Å². The zero-order chi connectivity index (χ0) is 10.8. The lowest BCUT2D eigenvalue weighted by Crippen LogP contribution is -2.21. The molecule has 0 amide bonds. The molecule has 0 aromatic heterocycles. The summed E-state index contributed by atoms with van der Waals surface area (Å²) in [7, 11) is 0. The van der Waals surface area contributed by atoms with Crippen molar-refractivity contribution in [2.24, 2.45) is 0 Å². The van der Waals surface area contributed by atoms with Gasteiger partial charge in [-0.2, -0.15) is 0 Å². The highest BCUT2D eigenvalue weighted by atomic mass is 16.5. The van der Waals surface area contributed by atoms with Crippen LogP contribution in [0.25, 0.3) is 0 Å². The minimum Gasteiger partial charge on any atom is -0.485 e. The third kappa shape index (κ3) is 1.69. The Morgan fingerprint density at radius 3 is 2.73 bits per heavy atom. The topological polar surface area (TPSA) is 29.5 Å². The van der Waals surface area contributed by atoms with Crippen LogP contribution in [0.4, 0.5) is 5.69 Å². The van der Waals surface area contributed by atoms with Crippen LogP contribution in [0.3, 0.4) is 0 Å². The molecule has 2 rings (SSSR count). The van der Waals surface area contributed by atoms with E-state index in [-0.39, 0.29) is 12.4 Å². The lowest BCUT2D eigenvalue weighted by atomic mass is 10.1. The molecule has 0 radical (unpaired) electrons. The highest BCUT2D eigenvalue weighted by molar-refractivity contribution is 6.02. The number of rotatable bonds is 3. The standard InChI is InChI=1S/C12H15NO2/c1-3-13(4-2)9-5-6-10-11(14)8-15-12(10)7-9/h5-7H,3-4,8H2,1-2H3. The molecule has 0 spiro atoms. The zero-order valence-corrected chi connectivity index (χ0v) is 9.12. The van der Waals surface area contributed by atoms with E-state index in [4.69, 9.17) is 4.74 Å². The molecule has 1 aromatic rings. The number of hydrogen-bond donors (Lipinski definition) is 0. The van der Waals surface area contributed by atoms with Gasteiger partial charge in [-0.3, -0.25) is 4.79 Å². The van der Waals surface area contributed by atoms with E-state index < -0.39 is 0 Å². The molecule has 0 aliphatic carbocycles. The lowest BCUT2D eigenvalue weighted by Gasteiger charge is -2.21. The van der Waals surface area contributed by atoms with Crippen molar-refractivity contribution in [3.63, 3.8) is 0 Å². The summed E-state index contributed by atoms with van der Waals surface area (Å²) < 4.78 is 5.31. The molecule has 0 fully saturated rings. The normalized spacial score (nSPS) is 13.6. The monoisotopic (exact) mass is 205 g/mol. The van der Waals surface area contributed by atoms with Gasteiger partial charge in [-0.05, 0) is 26.0 Å². The first-order valence-electron chi connectivity index (χ1n) is 5.31. The first-order valence-corrected chi connectivity index (χ1v) is 5.31. The molecule has 1 aliphatic rings. The molecule has 1 heterocycles. The maximum absolute atomic E-state index is 11.3. The molecule has 80 valence electrons. The van der Waals surface area contributed by atoms with Gasteiger partial charge >= 0.3 is 0 Å². The van der Waals surface area contributed by atoms with Gasteiger partial charge in [0.1, 0.15) is 5.75 Å². The van der Waals surface area contributed by atoms with E-state index in [1.165, 1.54) is 0 Å². The van der Waals surface area contributed by atoms with Crippen molar-refractivity contribution < 1.29 is 9.53 Å². The number of nitrogens with zero attached hydrogens (tertiary/aromatic N) is 1. The number of ether oxygens (including phenoxy) is 1. The van der Waals surface area contributed by atoms with E-state index in [1.54, 1.807) is 0 Å². The average molecular weight is 205 g/mol. The van der Waals surface area contributed by atoms with E-state index >= 15 is 0 Å². The number of carbonyl (C=O) groups excluding carboxylic acids is 1. The molecule has 0 unspecified atom stereocenters. The molecule has 1 aromatic carbocycles. The third-order valence-corrected chi connectivity index (χ3v) is 2.75. The van der Waals surface area contributed by atoms with E-state index in [1.807, 2.05) is 18.2 Å². The van der Waals surface area contributed by atoms with Crippen molar-refractivity contribution in [2.75, 3.05) is 24.6 Å². The highest BCUT2D eigenvalue weighted by Gasteiger charge is 2.21. The summed E-state index contributed by atoms with van der Waals surface area (Å²) in [5, 5.41) is 0. The van der Waals surface area contributed by atoms with Crippen LogP contribution < -0.4 is 9.64 Å². The van der Waals surface area contributed by atoms with Crippen LogP contribution in [-0.4, -0.2) is 25.5 Å². The van der Waals surface area contributed by atoms with Crippen molar-refractivity contribution in [1.29, 1.82) is 0 Å². The van der Waals surface area contributed by atoms with Crippen molar-refractivity contribution in [3.05, 3.63) is 23.8 Å². The molecule has 0 atom stereocenters. The fourth-order valence-electron chi connectivity index (χ4n) is 1.87. The lowest BCUT2D eigenvalue weighted by molar-refractivity contribution is 0.0961. The molecule has 0 saturated carbocycles. The minimum atomic E-state index is 0.0797. The number of anilines is 1. The van der Waals surface area contributed by atoms with Crippen LogP contribution in [0.5, 0.6) is 5.75 Å². The number of hydrogen-bond acceptors (Lipinski definition) is 3. The first kappa shape index (κ1) is 10.0. The average Bonchev–Trinajstić information content (AvgIpc) is 2.62. The Balaban J connectivity index is 2.34. The Hall–Kier alpha value is -1.51. The summed E-state index contributed by atoms with van der Waals surface area (Å²) in [5.74, 6) is 0.806. The molecule has 3 heteroatoms. The van der Waals surface area contributed by atoms with E-state index in [0.29, 0.717) is 5.56 Å². The molecule has 1 aliphatic heterocycles. The van der Waals surface area contributed by atoms with Crippen LogP contribution in [0.1, 0.15) is 24.2 Å². The van der Waals surface area contributed by atoms with E-state index in [0.717, 1.165) is 24.5 Å². The SMILES string of the molecule is CCN(CC)c1ccc2c(c1)OCC2=O. The van der Waals surface area contributed by atoms with Crippen LogP contribution >= 0.6 is 0 Å². The molecule has 0 N–H and O–H groups in total. The predicted octanol–water partition coefficient (Wildman–Crippen LogP) is 2.11. The second-order valence-corrected chi connectivity index (χ2v) is 3.56. The fraction of sp³-hybridized carbons (Fsp3) is 0.417. The summed E-state index contributed by atoms with van der Waals surface area (Å²) in [6, 6.07) is 5.80. The number of ketones is 1. The second-order valence-electron chi connectivity index (χ2n) is 3.56. The summed E-state index contributed by atoms with van der Waals surface area (Å²) >= 11 is 0. The van der Waals surface area contributed by atoms with Crippen LogP contribution in [0.2, 0.25) is 0 Å². The number of carbonyl (C=O) groups is 1. The quantitative estimate of drug-likeness (QED) is 0.757. The van der Waals surface area contributed by atoms with E-state index in [2.05, 4.69) is 18.7 Å². The maximum Gasteiger partial charge on any atom is 0.203 e. The summed E-state index contributed by atoms with van der Waals surface area (Å²) in [6.45, 7) is 6.34. The van der Waals surface area contributed by atoms with Crippen molar-refractivity contribution in [1.82, 2.24) is 0 Å². The van der Waals surface area contributed by atoms with Gasteiger partial charge in [0.05, 0.1) is 5.56 Å². The van der Waals surface area contributed by atoms with Crippen LogP contribution in [-0.2, 0) is 0 Å². The van der Waals surface area contributed by atoms with E-state index in [9.17, 15) is 4.79 Å². The van der Waals surface area contributed by atoms with Gasteiger partial charge in [0.25, 0.3) is 0 Å². The zero-order valence-electron chi connectivity index (χ0n) is 9.12. The first-order chi connectivity index (χ1) is 7.26. The molecule has 15 heavy (non-hydrogen) atoms. The fourth-order valence-corrected chi connectivity index (χ4v) is 1.87. The van der Waals surface area contributed by atoms with Crippen molar-refractivity contribution in [2.45, 2.75) is 13.8 Å². The highest BCUT2D eigenvalue weighted by Crippen LogP contribution is 2.29. The molecular formula is C12H15NO2. The molecule has 0 bridgehead atoms. The molecule has 3 nitrogen and oxygen atoms in total. The Morgan fingerprint density at radius 2 is 2.07 bits per heavy atom. The van der Waals surface area contributed by atoms with Crippen LogP contribution in [0.15, 0.2) is 18.2 Å². The summed E-state index contributed by atoms with van der Waals surface area (Å²) in [6.07, 6.45) is 0. The second kappa shape index (κ2) is 3.93. The van der Waals surface area contributed by atoms with Gasteiger partial charge < -0.3 is 9.64 Å². The third-order valence-electron chi connectivity index (χ3n) is 2.75. The van der Waals surface area contributed by atoms with Gasteiger partial charge in [-0.25, -0.2) is 0 Å². The minimum absolute atomic E-state index is 0.0797. The van der Waals surface area contributed by atoms with Gasteiger partial charge in [0, 0.05) is 24.8 Å². The van der Waals surface area contributed by atoms with Crippen LogP contribution in [0, 0.1) is 0 Å². The van der Waals surface area contributed by atoms with Gasteiger partial charge in [0.2, 0.25) is 5.78 Å². The smallest absolute Gasteiger partial charge is 0.203 e. The van der Waals surface area contributed by atoms with Crippen molar-refractivity contribution >= 4 is 11.5 Å². The van der Waals surface area contributed by atoms with Gasteiger partial charge in [-0.15, -0.1) is 0 Å². The summed E-state index contributed by atoms with van der Waals surface area (Å²) in [4.78, 5) is 13.6. The largest absolute Gasteiger partial charge is 0.485 e. The Kier molecular flexibility index (Phi) is 2.62. The van der Waals surface area contributed by atoms with Gasteiger partial charge in [0.15, 0.2) is 6.61 Å². The number of Topliss-reactive ketones (excluding diaryl/α,β-unsaturated/α-hetero) is 1. The Morgan fingerprint density at radius 1 is 1.33 bits per heavy atom. The Labute approximate surface area is 89.7 Å². The molecule has 0 saturated heterocycles. The maximum atomic E-state index is 11.3. The van der Waals surface area contributed by atoms with Gasteiger partial charge in [-0.1, -0.05) is 0 Å².